The fourth-order valence-electron chi connectivity index (χ4n) is 1.56. The molecule has 0 saturated carbocycles. The van der Waals surface area contributed by atoms with Gasteiger partial charge in [-0.15, -0.1) is 0 Å². The van der Waals surface area contributed by atoms with Crippen molar-refractivity contribution in [2.24, 2.45) is 0 Å². The summed E-state index contributed by atoms with van der Waals surface area (Å²) >= 11 is 0. The summed E-state index contributed by atoms with van der Waals surface area (Å²) in [4.78, 5) is 10.4. The third-order valence-electron chi connectivity index (χ3n) is 2.42. The van der Waals surface area contributed by atoms with Gasteiger partial charge in [-0.05, 0) is 23.8 Å². The molecule has 0 fully saturated rings. The largest absolute Gasteiger partial charge is 0.498 e. The maximum atomic E-state index is 10.4. The van der Waals surface area contributed by atoms with Crippen LogP contribution in [0.1, 0.15) is 5.56 Å². The van der Waals surface area contributed by atoms with Gasteiger partial charge in [0.1, 0.15) is 19.5 Å². The number of hydrogen-bond acceptors (Lipinski definition) is 5. The van der Waals surface area contributed by atoms with Crippen LogP contribution in [0.15, 0.2) is 31.0 Å². The lowest BCUT2D eigenvalue weighted by atomic mass is 10.1. The molecule has 0 unspecified atom stereocenters. The summed E-state index contributed by atoms with van der Waals surface area (Å²) in [6.07, 6.45) is 5.11. The summed E-state index contributed by atoms with van der Waals surface area (Å²) in [7, 11) is 3.07. The smallest absolute Gasteiger partial charge is 0.203 e. The molecule has 0 aliphatic rings. The lowest BCUT2D eigenvalue weighted by Gasteiger charge is -2.15. The molecule has 0 bridgehead atoms. The molecule has 0 heterocycles. The van der Waals surface area contributed by atoms with Crippen LogP contribution in [0.5, 0.6) is 17.2 Å². The normalized spacial score (nSPS) is 10.1. The second-order valence-electron chi connectivity index (χ2n) is 3.64. The van der Waals surface area contributed by atoms with Gasteiger partial charge in [0.2, 0.25) is 5.75 Å². The minimum atomic E-state index is 0.336. The van der Waals surface area contributed by atoms with E-state index in [2.05, 4.69) is 6.58 Å². The highest BCUT2D eigenvalue weighted by Crippen LogP contribution is 2.38. The number of carbonyl (C=O) groups excluding carboxylic acids is 1. The van der Waals surface area contributed by atoms with Gasteiger partial charge in [0.25, 0.3) is 0 Å². The molecule has 0 saturated heterocycles. The van der Waals surface area contributed by atoms with E-state index >= 15 is 0 Å². The van der Waals surface area contributed by atoms with Crippen molar-refractivity contribution in [2.75, 3.05) is 27.4 Å². The van der Waals surface area contributed by atoms with E-state index in [0.717, 1.165) is 5.56 Å². The predicted molar refractivity (Wildman–Crippen MR) is 76.3 cm³/mol. The Bertz CT molecular complexity index is 454. The molecule has 20 heavy (non-hydrogen) atoms. The monoisotopic (exact) mass is 278 g/mol. The number of rotatable bonds is 9. The van der Waals surface area contributed by atoms with Crippen LogP contribution in [0.3, 0.4) is 0 Å². The van der Waals surface area contributed by atoms with Gasteiger partial charge in [0.05, 0.1) is 20.5 Å². The Morgan fingerprint density at radius 3 is 2.30 bits per heavy atom. The third-order valence-corrected chi connectivity index (χ3v) is 2.42. The van der Waals surface area contributed by atoms with Gasteiger partial charge in [-0.1, -0.05) is 12.7 Å². The molecule has 0 aliphatic carbocycles. The van der Waals surface area contributed by atoms with Crippen molar-refractivity contribution >= 4 is 12.4 Å². The molecule has 0 spiro atoms. The first kappa shape index (κ1) is 15.6. The zero-order valence-electron chi connectivity index (χ0n) is 11.6. The average molecular weight is 278 g/mol. The number of allylic oxidation sites excluding steroid dienone is 1. The van der Waals surface area contributed by atoms with Crippen LogP contribution in [0.25, 0.3) is 6.08 Å². The van der Waals surface area contributed by atoms with Crippen molar-refractivity contribution in [2.45, 2.75) is 0 Å². The number of carbonyl (C=O) groups is 1. The van der Waals surface area contributed by atoms with Crippen LogP contribution >= 0.6 is 0 Å². The summed E-state index contributed by atoms with van der Waals surface area (Å²) in [5.74, 6) is 1.54. The van der Waals surface area contributed by atoms with Crippen molar-refractivity contribution in [3.8, 4) is 17.2 Å². The molecular weight excluding hydrogens is 260 g/mol. The number of ether oxygens (including phenoxy) is 4. The highest BCUT2D eigenvalue weighted by atomic mass is 16.6. The van der Waals surface area contributed by atoms with Crippen molar-refractivity contribution in [3.05, 3.63) is 36.6 Å². The highest BCUT2D eigenvalue weighted by Gasteiger charge is 2.13. The molecule has 1 aromatic carbocycles. The molecule has 1 rings (SSSR count). The van der Waals surface area contributed by atoms with E-state index in [4.69, 9.17) is 18.9 Å². The molecule has 5 nitrogen and oxygen atoms in total. The van der Waals surface area contributed by atoms with Gasteiger partial charge in [-0.3, -0.25) is 4.79 Å². The van der Waals surface area contributed by atoms with Gasteiger partial charge >= 0.3 is 0 Å². The molecule has 0 N–H and O–H groups in total. The highest BCUT2D eigenvalue weighted by molar-refractivity contribution is 5.75. The van der Waals surface area contributed by atoms with Gasteiger partial charge in [-0.25, -0.2) is 0 Å². The maximum Gasteiger partial charge on any atom is 0.203 e. The Balaban J connectivity index is 2.98. The molecule has 5 heteroatoms. The van der Waals surface area contributed by atoms with Crippen LogP contribution in [-0.2, 0) is 9.53 Å². The summed E-state index contributed by atoms with van der Waals surface area (Å²) in [6.45, 7) is 4.16. The fourth-order valence-corrected chi connectivity index (χ4v) is 1.56. The van der Waals surface area contributed by atoms with Crippen molar-refractivity contribution < 1.29 is 23.7 Å². The third kappa shape index (κ3) is 4.35. The average Bonchev–Trinajstić information content (AvgIpc) is 2.49. The topological polar surface area (TPSA) is 54.0 Å². The Hall–Kier alpha value is -2.43. The SMILES string of the molecule is C=COCCOc1c(OC)cc(C=CC=O)cc1OC. The lowest BCUT2D eigenvalue weighted by Crippen LogP contribution is -2.06. The lowest BCUT2D eigenvalue weighted by molar-refractivity contribution is -0.104. The molecule has 0 aromatic heterocycles. The van der Waals surface area contributed by atoms with Crippen molar-refractivity contribution in [1.29, 1.82) is 0 Å². The van der Waals surface area contributed by atoms with Crippen LogP contribution in [0.2, 0.25) is 0 Å². The number of aldehydes is 1. The van der Waals surface area contributed by atoms with E-state index < -0.39 is 0 Å². The summed E-state index contributed by atoms with van der Waals surface area (Å²) < 4.78 is 21.1. The molecule has 1 aromatic rings. The summed E-state index contributed by atoms with van der Waals surface area (Å²) in [5, 5.41) is 0. The van der Waals surface area contributed by atoms with Crippen LogP contribution in [-0.4, -0.2) is 33.7 Å². The Labute approximate surface area is 118 Å². The molecule has 0 aliphatic heterocycles. The fraction of sp³-hybridized carbons (Fsp3) is 0.267. The summed E-state index contributed by atoms with van der Waals surface area (Å²) in [5.41, 5.74) is 0.778. The number of methoxy groups -OCH3 is 2. The van der Waals surface area contributed by atoms with Crippen molar-refractivity contribution in [1.82, 2.24) is 0 Å². The second kappa shape index (κ2) is 8.63. The van der Waals surface area contributed by atoms with Gasteiger partial charge in [0, 0.05) is 0 Å². The minimum Gasteiger partial charge on any atom is -0.498 e. The van der Waals surface area contributed by atoms with Crippen LogP contribution in [0.4, 0.5) is 0 Å². The van der Waals surface area contributed by atoms with Gasteiger partial charge < -0.3 is 18.9 Å². The van der Waals surface area contributed by atoms with Crippen LogP contribution in [0, 0.1) is 0 Å². The Morgan fingerprint density at radius 1 is 1.15 bits per heavy atom. The molecular formula is C15H18O5. The molecule has 0 radical (unpaired) electrons. The Kier molecular flexibility index (Phi) is 6.75. The van der Waals surface area contributed by atoms with E-state index in [1.807, 2.05) is 0 Å². The zero-order chi connectivity index (χ0) is 14.8. The Morgan fingerprint density at radius 2 is 1.80 bits per heavy atom. The number of benzene rings is 1. The first-order valence-corrected chi connectivity index (χ1v) is 6.00. The minimum absolute atomic E-state index is 0.336. The van der Waals surface area contributed by atoms with Crippen LogP contribution < -0.4 is 14.2 Å². The quantitative estimate of drug-likeness (QED) is 0.300. The first-order chi connectivity index (χ1) is 9.76. The summed E-state index contributed by atoms with van der Waals surface area (Å²) in [6, 6.07) is 3.51. The standard InChI is InChI=1S/C15H18O5/c1-4-19-8-9-20-15-13(17-2)10-12(6-5-7-16)11-14(15)18-3/h4-7,10-11H,1,8-9H2,2-3H3. The maximum absolute atomic E-state index is 10.4. The zero-order valence-corrected chi connectivity index (χ0v) is 11.6. The van der Waals surface area contributed by atoms with Gasteiger partial charge in [0.15, 0.2) is 11.5 Å². The molecule has 0 atom stereocenters. The van der Waals surface area contributed by atoms with E-state index in [1.54, 1.807) is 18.2 Å². The number of hydrogen-bond donors (Lipinski definition) is 0. The van der Waals surface area contributed by atoms with Gasteiger partial charge in [-0.2, -0.15) is 0 Å². The second-order valence-corrected chi connectivity index (χ2v) is 3.64. The van der Waals surface area contributed by atoms with E-state index in [1.165, 1.54) is 26.6 Å². The molecule has 108 valence electrons. The van der Waals surface area contributed by atoms with E-state index in [-0.39, 0.29) is 0 Å². The van der Waals surface area contributed by atoms with E-state index in [9.17, 15) is 4.79 Å². The molecule has 0 amide bonds. The first-order valence-electron chi connectivity index (χ1n) is 6.00. The predicted octanol–water partition coefficient (Wildman–Crippen LogP) is 2.45. The van der Waals surface area contributed by atoms with E-state index in [0.29, 0.717) is 36.7 Å². The van der Waals surface area contributed by atoms with Crippen molar-refractivity contribution in [3.63, 3.8) is 0 Å².